The SMILES string of the molecule is C=C(C)C(=O)OC.C=C(CC1CO1)C(=O)OC. The van der Waals surface area contributed by atoms with Crippen molar-refractivity contribution in [1.29, 1.82) is 0 Å². The lowest BCUT2D eigenvalue weighted by Gasteiger charge is -1.98. The molecule has 1 atom stereocenters. The molecule has 1 saturated heterocycles. The fourth-order valence-corrected chi connectivity index (χ4v) is 0.863. The van der Waals surface area contributed by atoms with Crippen LogP contribution < -0.4 is 0 Å². The van der Waals surface area contributed by atoms with Crippen molar-refractivity contribution in [3.63, 3.8) is 0 Å². The highest BCUT2D eigenvalue weighted by Crippen LogP contribution is 2.18. The smallest absolute Gasteiger partial charge is 0.333 e. The predicted molar refractivity (Wildman–Crippen MR) is 62.3 cm³/mol. The van der Waals surface area contributed by atoms with Crippen LogP contribution in [0.2, 0.25) is 0 Å². The van der Waals surface area contributed by atoms with Crippen molar-refractivity contribution in [2.75, 3.05) is 20.8 Å². The van der Waals surface area contributed by atoms with Crippen molar-refractivity contribution >= 4 is 11.9 Å². The minimum absolute atomic E-state index is 0.214. The summed E-state index contributed by atoms with van der Waals surface area (Å²) in [5, 5.41) is 0. The van der Waals surface area contributed by atoms with Crippen molar-refractivity contribution in [1.82, 2.24) is 0 Å². The molecule has 0 spiro atoms. The van der Waals surface area contributed by atoms with E-state index < -0.39 is 0 Å². The first kappa shape index (κ1) is 15.4. The van der Waals surface area contributed by atoms with Crippen LogP contribution in [0.25, 0.3) is 0 Å². The van der Waals surface area contributed by atoms with Gasteiger partial charge in [0, 0.05) is 17.6 Å². The molecule has 96 valence electrons. The molecule has 1 fully saturated rings. The number of esters is 2. The summed E-state index contributed by atoms with van der Waals surface area (Å²) in [5.41, 5.74) is 0.924. The summed E-state index contributed by atoms with van der Waals surface area (Å²) in [6.07, 6.45) is 0.818. The molecule has 0 N–H and O–H groups in total. The Balaban J connectivity index is 0.000000325. The number of ether oxygens (including phenoxy) is 3. The van der Waals surface area contributed by atoms with Crippen LogP contribution in [0.15, 0.2) is 24.3 Å². The Hall–Kier alpha value is -1.62. The molecule has 0 saturated carbocycles. The molecule has 17 heavy (non-hydrogen) atoms. The van der Waals surface area contributed by atoms with Crippen LogP contribution in [0.1, 0.15) is 13.3 Å². The Morgan fingerprint density at radius 1 is 1.24 bits per heavy atom. The molecule has 1 aliphatic rings. The van der Waals surface area contributed by atoms with Gasteiger partial charge < -0.3 is 14.2 Å². The first-order valence-electron chi connectivity index (χ1n) is 5.03. The van der Waals surface area contributed by atoms with Crippen LogP contribution in [-0.4, -0.2) is 38.9 Å². The van der Waals surface area contributed by atoms with Gasteiger partial charge in [-0.3, -0.25) is 0 Å². The van der Waals surface area contributed by atoms with Gasteiger partial charge in [0.15, 0.2) is 0 Å². The van der Waals surface area contributed by atoms with Gasteiger partial charge in [0.05, 0.1) is 26.9 Å². The van der Waals surface area contributed by atoms with Gasteiger partial charge in [-0.2, -0.15) is 0 Å². The number of carbonyl (C=O) groups excluding carboxylic acids is 2. The average molecular weight is 242 g/mol. The van der Waals surface area contributed by atoms with Gasteiger partial charge in [-0.25, -0.2) is 9.59 Å². The Labute approximate surface area is 101 Å². The molecule has 0 bridgehead atoms. The van der Waals surface area contributed by atoms with Gasteiger partial charge in [-0.15, -0.1) is 0 Å². The van der Waals surface area contributed by atoms with Crippen molar-refractivity contribution < 1.29 is 23.8 Å². The second kappa shape index (κ2) is 7.62. The van der Waals surface area contributed by atoms with E-state index in [2.05, 4.69) is 22.6 Å². The highest BCUT2D eigenvalue weighted by Gasteiger charge is 2.25. The van der Waals surface area contributed by atoms with Crippen molar-refractivity contribution in [3.8, 4) is 0 Å². The van der Waals surface area contributed by atoms with Crippen LogP contribution in [0.4, 0.5) is 0 Å². The molecule has 1 unspecified atom stereocenters. The molecule has 0 aromatic rings. The summed E-state index contributed by atoms with van der Waals surface area (Å²) in [6, 6.07) is 0. The van der Waals surface area contributed by atoms with E-state index >= 15 is 0 Å². The van der Waals surface area contributed by atoms with E-state index in [1.807, 2.05) is 0 Å². The van der Waals surface area contributed by atoms with E-state index in [0.717, 1.165) is 6.61 Å². The van der Waals surface area contributed by atoms with Gasteiger partial charge in [0.25, 0.3) is 0 Å². The number of hydrogen-bond donors (Lipinski definition) is 0. The fourth-order valence-electron chi connectivity index (χ4n) is 0.863. The first-order valence-corrected chi connectivity index (χ1v) is 5.03. The maximum absolute atomic E-state index is 10.7. The zero-order valence-electron chi connectivity index (χ0n) is 10.4. The van der Waals surface area contributed by atoms with E-state index in [0.29, 0.717) is 17.6 Å². The van der Waals surface area contributed by atoms with Crippen LogP contribution in [0.3, 0.4) is 0 Å². The van der Waals surface area contributed by atoms with E-state index in [1.165, 1.54) is 14.2 Å². The second-order valence-corrected chi connectivity index (χ2v) is 3.53. The van der Waals surface area contributed by atoms with E-state index in [1.54, 1.807) is 6.92 Å². The van der Waals surface area contributed by atoms with Crippen LogP contribution in [0, 0.1) is 0 Å². The van der Waals surface area contributed by atoms with E-state index in [4.69, 9.17) is 4.74 Å². The summed E-state index contributed by atoms with van der Waals surface area (Å²) < 4.78 is 13.6. The normalized spacial score (nSPS) is 16.1. The van der Waals surface area contributed by atoms with Crippen molar-refractivity contribution in [2.24, 2.45) is 0 Å². The third-order valence-corrected chi connectivity index (χ3v) is 1.88. The van der Waals surface area contributed by atoms with Gasteiger partial charge in [-0.05, 0) is 6.92 Å². The van der Waals surface area contributed by atoms with E-state index in [9.17, 15) is 9.59 Å². The molecule has 5 nitrogen and oxygen atoms in total. The number of methoxy groups -OCH3 is 2. The summed E-state index contributed by atoms with van der Waals surface area (Å²) in [4.78, 5) is 20.9. The lowest BCUT2D eigenvalue weighted by molar-refractivity contribution is -0.137. The number of rotatable bonds is 4. The minimum atomic E-state index is -0.347. The van der Waals surface area contributed by atoms with Gasteiger partial charge >= 0.3 is 11.9 Å². The number of hydrogen-bond acceptors (Lipinski definition) is 5. The molecular weight excluding hydrogens is 224 g/mol. The van der Waals surface area contributed by atoms with Gasteiger partial charge in [0.2, 0.25) is 0 Å². The van der Waals surface area contributed by atoms with Crippen LogP contribution >= 0.6 is 0 Å². The third-order valence-electron chi connectivity index (χ3n) is 1.88. The van der Waals surface area contributed by atoms with Gasteiger partial charge in [0.1, 0.15) is 0 Å². The quantitative estimate of drug-likeness (QED) is 0.421. The monoisotopic (exact) mass is 242 g/mol. The molecular formula is C12H18O5. The maximum atomic E-state index is 10.7. The first-order chi connectivity index (χ1) is 7.92. The zero-order chi connectivity index (χ0) is 13.4. The number of carbonyl (C=O) groups is 2. The molecule has 1 aliphatic heterocycles. The van der Waals surface area contributed by atoms with Crippen LogP contribution in [-0.2, 0) is 23.8 Å². The number of epoxide rings is 1. The highest BCUT2D eigenvalue weighted by atomic mass is 16.6. The second-order valence-electron chi connectivity index (χ2n) is 3.53. The largest absolute Gasteiger partial charge is 0.466 e. The Kier molecular flexibility index (Phi) is 6.89. The summed E-state index contributed by atoms with van der Waals surface area (Å²) >= 11 is 0. The van der Waals surface area contributed by atoms with Crippen molar-refractivity contribution in [2.45, 2.75) is 19.4 Å². The minimum Gasteiger partial charge on any atom is -0.466 e. The summed E-state index contributed by atoms with van der Waals surface area (Å²) in [6.45, 7) is 9.25. The Bertz CT molecular complexity index is 315. The molecule has 1 heterocycles. The highest BCUT2D eigenvalue weighted by molar-refractivity contribution is 5.87. The molecule has 0 amide bonds. The Morgan fingerprint density at radius 3 is 1.94 bits per heavy atom. The summed E-state index contributed by atoms with van der Waals surface area (Å²) in [5.74, 6) is -0.685. The third kappa shape index (κ3) is 7.30. The molecule has 0 aliphatic carbocycles. The summed E-state index contributed by atoms with van der Waals surface area (Å²) in [7, 11) is 2.68. The standard InChI is InChI=1S/C7H10O3.C5H8O2/c1-5(7(8)9-2)3-6-4-10-6;1-4(2)5(6)7-3/h6H,1,3-4H2,2H3;1H2,2-3H3. The molecule has 5 heteroatoms. The zero-order valence-corrected chi connectivity index (χ0v) is 10.4. The maximum Gasteiger partial charge on any atom is 0.333 e. The average Bonchev–Trinajstić information content (AvgIpc) is 3.11. The van der Waals surface area contributed by atoms with Crippen LogP contribution in [0.5, 0.6) is 0 Å². The molecule has 1 rings (SSSR count). The van der Waals surface area contributed by atoms with E-state index in [-0.39, 0.29) is 18.0 Å². The topological polar surface area (TPSA) is 65.1 Å². The Morgan fingerprint density at radius 2 is 1.71 bits per heavy atom. The van der Waals surface area contributed by atoms with Crippen molar-refractivity contribution in [3.05, 3.63) is 24.3 Å². The fraction of sp³-hybridized carbons (Fsp3) is 0.500. The lowest BCUT2D eigenvalue weighted by Crippen LogP contribution is -2.05. The molecule has 0 aromatic heterocycles. The lowest BCUT2D eigenvalue weighted by atomic mass is 10.2. The molecule has 0 radical (unpaired) electrons. The molecule has 0 aromatic carbocycles. The van der Waals surface area contributed by atoms with Gasteiger partial charge in [-0.1, -0.05) is 13.2 Å². The predicted octanol–water partition coefficient (Wildman–Crippen LogP) is 1.24.